The van der Waals surface area contributed by atoms with E-state index < -0.39 is 15.9 Å². The minimum atomic E-state index is -3.66. The number of amides is 2. The van der Waals surface area contributed by atoms with Crippen LogP contribution in [0.2, 0.25) is 0 Å². The van der Waals surface area contributed by atoms with Gasteiger partial charge in [-0.2, -0.15) is 0 Å². The average molecular weight is 537 g/mol. The summed E-state index contributed by atoms with van der Waals surface area (Å²) >= 11 is 0. The van der Waals surface area contributed by atoms with E-state index in [-0.39, 0.29) is 46.8 Å². The van der Waals surface area contributed by atoms with Crippen LogP contribution in [0.5, 0.6) is 0 Å². The van der Waals surface area contributed by atoms with Crippen molar-refractivity contribution in [2.24, 2.45) is 28.6 Å². The predicted molar refractivity (Wildman–Crippen MR) is 148 cm³/mol. The van der Waals surface area contributed by atoms with Gasteiger partial charge < -0.3 is 4.90 Å². The van der Waals surface area contributed by atoms with Crippen LogP contribution in [0.1, 0.15) is 64.5 Å². The molecule has 1 heterocycles. The van der Waals surface area contributed by atoms with Crippen molar-refractivity contribution in [2.75, 3.05) is 5.75 Å². The predicted octanol–water partition coefficient (Wildman–Crippen LogP) is 5.24. The zero-order valence-electron chi connectivity index (χ0n) is 23.0. The molecule has 204 valence electrons. The summed E-state index contributed by atoms with van der Waals surface area (Å²) in [5.74, 6) is -0.560. The highest BCUT2D eigenvalue weighted by atomic mass is 32.2. The Bertz CT molecular complexity index is 1250. The fraction of sp³-hybridized carbons (Fsp3) is 0.548. The number of nitrogens with zero attached hydrogens (tertiary/aromatic N) is 2. The van der Waals surface area contributed by atoms with Crippen molar-refractivity contribution in [3.05, 3.63) is 71.8 Å². The first-order valence-corrected chi connectivity index (χ1v) is 15.5. The number of hydrogen-bond donors (Lipinski definition) is 0. The first-order chi connectivity index (χ1) is 18.0. The molecule has 2 aromatic rings. The Hall–Kier alpha value is -2.67. The standard InChI is InChI=1S/C31H40N2O4S/c1-22(17-28(34)33-27-18-26-15-16-31(27,30(26,3)4)21-38(33,36)37)23(2)29(35)32(19-24-11-7-5-8-12-24)20-25-13-9-6-10-14-25/h5-14,22-23,26-27H,15-21H2,1-4H3/t22-,23-,26+,27+,31+/m1/s1. The van der Waals surface area contributed by atoms with Gasteiger partial charge in [-0.3, -0.25) is 9.59 Å². The van der Waals surface area contributed by atoms with Gasteiger partial charge in [-0.05, 0) is 47.6 Å². The van der Waals surface area contributed by atoms with Gasteiger partial charge in [0.05, 0.1) is 11.8 Å². The lowest BCUT2D eigenvalue weighted by Crippen LogP contribution is -2.45. The van der Waals surface area contributed by atoms with Crippen molar-refractivity contribution in [1.29, 1.82) is 0 Å². The van der Waals surface area contributed by atoms with Crippen molar-refractivity contribution >= 4 is 21.8 Å². The van der Waals surface area contributed by atoms with Crippen LogP contribution in [0.15, 0.2) is 60.7 Å². The van der Waals surface area contributed by atoms with E-state index in [1.807, 2.05) is 79.4 Å². The molecule has 0 aromatic heterocycles. The molecule has 1 aliphatic heterocycles. The van der Waals surface area contributed by atoms with Gasteiger partial charge in [0.15, 0.2) is 0 Å². The second-order valence-corrected chi connectivity index (χ2v) is 14.3. The van der Waals surface area contributed by atoms with Crippen molar-refractivity contribution in [3.8, 4) is 0 Å². The summed E-state index contributed by atoms with van der Waals surface area (Å²) in [6.45, 7) is 9.08. The molecule has 0 unspecified atom stereocenters. The van der Waals surface area contributed by atoms with E-state index in [9.17, 15) is 18.0 Å². The fourth-order valence-electron chi connectivity index (χ4n) is 7.51. The number of carbonyl (C=O) groups excluding carboxylic acids is 2. The average Bonchev–Trinajstić information content (AvgIpc) is 3.36. The van der Waals surface area contributed by atoms with Gasteiger partial charge in [0.25, 0.3) is 0 Å². The van der Waals surface area contributed by atoms with Gasteiger partial charge >= 0.3 is 0 Å². The van der Waals surface area contributed by atoms with Gasteiger partial charge in [0.1, 0.15) is 0 Å². The van der Waals surface area contributed by atoms with Crippen LogP contribution in [-0.2, 0) is 32.7 Å². The van der Waals surface area contributed by atoms with Crippen LogP contribution >= 0.6 is 0 Å². The van der Waals surface area contributed by atoms with Crippen molar-refractivity contribution in [2.45, 2.75) is 72.5 Å². The summed E-state index contributed by atoms with van der Waals surface area (Å²) in [5.41, 5.74) is 1.67. The van der Waals surface area contributed by atoms with Gasteiger partial charge in [-0.15, -0.1) is 0 Å². The van der Waals surface area contributed by atoms with Crippen molar-refractivity contribution < 1.29 is 18.0 Å². The molecule has 2 aliphatic carbocycles. The summed E-state index contributed by atoms with van der Waals surface area (Å²) in [6, 6.07) is 19.6. The minimum Gasteiger partial charge on any atom is -0.334 e. The summed E-state index contributed by atoms with van der Waals surface area (Å²) in [4.78, 5) is 29.2. The smallest absolute Gasteiger partial charge is 0.238 e. The third-order valence-electron chi connectivity index (χ3n) is 10.1. The third kappa shape index (κ3) is 4.47. The molecule has 1 saturated heterocycles. The lowest BCUT2D eigenvalue weighted by Gasteiger charge is -2.37. The number of fused-ring (bicyclic) bond motifs is 1. The molecule has 0 N–H and O–H groups in total. The molecule has 5 rings (SSSR count). The second kappa shape index (κ2) is 9.82. The molecule has 2 amide bonds. The Morgan fingerprint density at radius 1 is 0.974 bits per heavy atom. The van der Waals surface area contributed by atoms with Gasteiger partial charge in [-0.25, -0.2) is 12.7 Å². The first kappa shape index (κ1) is 26.9. The Kier molecular flexibility index (Phi) is 6.95. The molecule has 1 spiro atoms. The maximum absolute atomic E-state index is 13.8. The van der Waals surface area contributed by atoms with Crippen LogP contribution in [-0.4, -0.2) is 41.2 Å². The maximum Gasteiger partial charge on any atom is 0.238 e. The SMILES string of the molecule is C[C@H](CC(=O)N1[C@H]2C[C@@H]3CC[C@@]2(CS1(=O)=O)C3(C)C)[C@@H](C)C(=O)N(Cc1ccccc1)Cc1ccccc1. The summed E-state index contributed by atoms with van der Waals surface area (Å²) < 4.78 is 27.9. The normalized spacial score (nSPS) is 28.1. The molecular formula is C31H40N2O4S. The van der Waals surface area contributed by atoms with E-state index in [0.717, 1.165) is 30.4 Å². The Morgan fingerprint density at radius 2 is 1.53 bits per heavy atom. The van der Waals surface area contributed by atoms with Gasteiger partial charge in [0.2, 0.25) is 21.8 Å². The molecule has 3 fully saturated rings. The number of sulfonamides is 1. The fourth-order valence-corrected chi connectivity index (χ4v) is 10.1. The van der Waals surface area contributed by atoms with E-state index in [2.05, 4.69) is 13.8 Å². The zero-order chi connectivity index (χ0) is 27.3. The van der Waals surface area contributed by atoms with Gasteiger partial charge in [0, 0.05) is 30.8 Å². The lowest BCUT2D eigenvalue weighted by molar-refractivity contribution is -0.139. The molecule has 2 saturated carbocycles. The molecule has 5 atom stereocenters. The van der Waals surface area contributed by atoms with E-state index in [1.165, 1.54) is 4.31 Å². The van der Waals surface area contributed by atoms with E-state index >= 15 is 0 Å². The Labute approximate surface area is 227 Å². The van der Waals surface area contributed by atoms with E-state index in [0.29, 0.717) is 19.0 Å². The van der Waals surface area contributed by atoms with Crippen LogP contribution in [0.25, 0.3) is 0 Å². The number of rotatable bonds is 8. The van der Waals surface area contributed by atoms with Crippen molar-refractivity contribution in [1.82, 2.24) is 9.21 Å². The largest absolute Gasteiger partial charge is 0.334 e. The molecule has 2 bridgehead atoms. The molecular weight excluding hydrogens is 496 g/mol. The minimum absolute atomic E-state index is 0.0280. The summed E-state index contributed by atoms with van der Waals surface area (Å²) in [7, 11) is -3.66. The number of carbonyl (C=O) groups is 2. The van der Waals surface area contributed by atoms with Crippen LogP contribution in [0.4, 0.5) is 0 Å². The quantitative estimate of drug-likeness (QED) is 0.462. The summed E-state index contributed by atoms with van der Waals surface area (Å²) in [5, 5.41) is 0. The monoisotopic (exact) mass is 536 g/mol. The van der Waals surface area contributed by atoms with Crippen LogP contribution in [0, 0.1) is 28.6 Å². The zero-order valence-corrected chi connectivity index (χ0v) is 23.8. The molecule has 6 nitrogen and oxygen atoms in total. The first-order valence-electron chi connectivity index (χ1n) is 13.9. The molecule has 38 heavy (non-hydrogen) atoms. The maximum atomic E-state index is 13.8. The number of hydrogen-bond acceptors (Lipinski definition) is 4. The van der Waals surface area contributed by atoms with E-state index in [1.54, 1.807) is 0 Å². The molecule has 3 aliphatic rings. The third-order valence-corrected chi connectivity index (χ3v) is 12.1. The van der Waals surface area contributed by atoms with Crippen LogP contribution < -0.4 is 0 Å². The van der Waals surface area contributed by atoms with Crippen molar-refractivity contribution in [3.63, 3.8) is 0 Å². The highest BCUT2D eigenvalue weighted by molar-refractivity contribution is 7.90. The summed E-state index contributed by atoms with van der Waals surface area (Å²) in [6.07, 6.45) is 2.73. The number of benzene rings is 2. The lowest BCUT2D eigenvalue weighted by atomic mass is 9.69. The van der Waals surface area contributed by atoms with Gasteiger partial charge in [-0.1, -0.05) is 88.4 Å². The topological polar surface area (TPSA) is 74.8 Å². The van der Waals surface area contributed by atoms with Crippen LogP contribution in [0.3, 0.4) is 0 Å². The Balaban J connectivity index is 1.31. The van der Waals surface area contributed by atoms with E-state index in [4.69, 9.17) is 0 Å². The second-order valence-electron chi connectivity index (χ2n) is 12.4. The highest BCUT2D eigenvalue weighted by Crippen LogP contribution is 2.70. The molecule has 0 radical (unpaired) electrons. The highest BCUT2D eigenvalue weighted by Gasteiger charge is 2.72. The molecule has 7 heteroatoms. The Morgan fingerprint density at radius 3 is 2.05 bits per heavy atom. The molecule has 2 aromatic carbocycles.